The average molecular weight is 566 g/mol. The Morgan fingerprint density at radius 2 is 1.53 bits per heavy atom. The van der Waals surface area contributed by atoms with E-state index in [1.807, 2.05) is 40.1 Å². The van der Waals surface area contributed by atoms with E-state index in [0.717, 1.165) is 23.0 Å². The van der Waals surface area contributed by atoms with Crippen molar-refractivity contribution < 1.29 is 4.79 Å². The molecule has 9 rings (SSSR count). The van der Waals surface area contributed by atoms with E-state index < -0.39 is 0 Å². The van der Waals surface area contributed by atoms with Crippen LogP contribution >= 0.6 is 45.3 Å². The van der Waals surface area contributed by atoms with Crippen molar-refractivity contribution in [2.45, 2.75) is 31.2 Å². The van der Waals surface area contributed by atoms with Crippen molar-refractivity contribution in [2.24, 2.45) is 11.8 Å². The second-order valence-electron chi connectivity index (χ2n) is 10.9. The van der Waals surface area contributed by atoms with Crippen LogP contribution in [0, 0.1) is 11.8 Å². The molecule has 2 bridgehead atoms. The molecule has 0 amide bonds. The molecule has 2 nitrogen and oxygen atoms in total. The van der Waals surface area contributed by atoms with Gasteiger partial charge in [-0.2, -0.15) is 0 Å². The van der Waals surface area contributed by atoms with E-state index >= 15 is 0 Å². The quantitative estimate of drug-likeness (QED) is 0.198. The highest BCUT2D eigenvalue weighted by molar-refractivity contribution is 7.40. The summed E-state index contributed by atoms with van der Waals surface area (Å²) < 4.78 is 5.55. The summed E-state index contributed by atoms with van der Waals surface area (Å²) in [4.78, 5) is 18.5. The summed E-state index contributed by atoms with van der Waals surface area (Å²) in [6, 6.07) is 27.7. The average Bonchev–Trinajstić information content (AvgIpc) is 3.78. The molecule has 3 aliphatic rings. The molecule has 6 heteroatoms. The second-order valence-corrected chi connectivity index (χ2v) is 15.2. The van der Waals surface area contributed by atoms with Gasteiger partial charge in [0.05, 0.1) is 14.3 Å². The first-order chi connectivity index (χ1) is 18.7. The van der Waals surface area contributed by atoms with Crippen LogP contribution in [0.25, 0.3) is 39.0 Å². The van der Waals surface area contributed by atoms with Crippen LogP contribution in [0.1, 0.15) is 40.4 Å². The molecule has 2 aromatic carbocycles. The SMILES string of the molecule is O=Cc1ccc(-c2cc3sc4cc(-c5ccc6c(c5)C5C7CCC(C7)C5N6c5ccccc5)sc4c3s2)s1. The zero-order chi connectivity index (χ0) is 25.0. The van der Waals surface area contributed by atoms with Gasteiger partial charge in [-0.3, -0.25) is 4.79 Å². The van der Waals surface area contributed by atoms with Crippen LogP contribution in [0.3, 0.4) is 0 Å². The van der Waals surface area contributed by atoms with Crippen molar-refractivity contribution in [3.8, 4) is 20.2 Å². The number of aldehydes is 1. The Bertz CT molecular complexity index is 1870. The van der Waals surface area contributed by atoms with Crippen molar-refractivity contribution in [2.75, 3.05) is 4.90 Å². The molecule has 0 saturated heterocycles. The maximum absolute atomic E-state index is 11.2. The minimum atomic E-state index is 0.620. The fourth-order valence-electron chi connectivity index (χ4n) is 7.47. The van der Waals surface area contributed by atoms with E-state index in [4.69, 9.17) is 0 Å². The fourth-order valence-corrected chi connectivity index (χ4v) is 12.4. The molecule has 38 heavy (non-hydrogen) atoms. The highest BCUT2D eigenvalue weighted by atomic mass is 32.1. The van der Waals surface area contributed by atoms with Gasteiger partial charge in [0.15, 0.2) is 6.29 Å². The molecule has 4 unspecified atom stereocenters. The molecule has 5 heterocycles. The highest BCUT2D eigenvalue weighted by Crippen LogP contribution is 2.63. The minimum absolute atomic E-state index is 0.620. The predicted molar refractivity (Wildman–Crippen MR) is 165 cm³/mol. The largest absolute Gasteiger partial charge is 0.337 e. The van der Waals surface area contributed by atoms with Crippen molar-refractivity contribution in [1.82, 2.24) is 0 Å². The van der Waals surface area contributed by atoms with E-state index in [1.54, 1.807) is 16.9 Å². The lowest BCUT2D eigenvalue weighted by Gasteiger charge is -2.33. The van der Waals surface area contributed by atoms with Crippen molar-refractivity contribution >= 4 is 81.8 Å². The summed E-state index contributed by atoms with van der Waals surface area (Å²) >= 11 is 7.29. The molecular weight excluding hydrogens is 543 g/mol. The maximum atomic E-state index is 11.2. The molecule has 0 N–H and O–H groups in total. The number of carbonyl (C=O) groups excluding carboxylic acids is 1. The van der Waals surface area contributed by atoms with E-state index in [9.17, 15) is 4.79 Å². The summed E-state index contributed by atoms with van der Waals surface area (Å²) in [5, 5.41) is 0. The molecule has 6 aromatic rings. The van der Waals surface area contributed by atoms with E-state index in [1.165, 1.54) is 69.6 Å². The van der Waals surface area contributed by atoms with Gasteiger partial charge in [0.2, 0.25) is 0 Å². The first kappa shape index (κ1) is 22.1. The summed E-state index contributed by atoms with van der Waals surface area (Å²) in [5.41, 5.74) is 5.72. The number of para-hydroxylation sites is 1. The van der Waals surface area contributed by atoms with Crippen LogP contribution < -0.4 is 4.90 Å². The molecule has 0 radical (unpaired) electrons. The predicted octanol–water partition coefficient (Wildman–Crippen LogP) is 10.4. The third-order valence-electron chi connectivity index (χ3n) is 8.94. The summed E-state index contributed by atoms with van der Waals surface area (Å²) in [6.07, 6.45) is 5.12. The van der Waals surface area contributed by atoms with Crippen LogP contribution in [-0.4, -0.2) is 12.3 Å². The summed E-state index contributed by atoms with van der Waals surface area (Å²) in [5.74, 6) is 2.32. The van der Waals surface area contributed by atoms with Crippen LogP contribution in [0.4, 0.5) is 11.4 Å². The number of nitrogens with zero attached hydrogens (tertiary/aromatic N) is 1. The Hall–Kier alpha value is -2.77. The molecule has 0 spiro atoms. The number of carbonyl (C=O) groups is 1. The number of anilines is 2. The van der Waals surface area contributed by atoms with Crippen molar-refractivity contribution in [3.63, 3.8) is 0 Å². The zero-order valence-electron chi connectivity index (χ0n) is 20.4. The van der Waals surface area contributed by atoms with Gasteiger partial charge in [0.1, 0.15) is 0 Å². The first-order valence-corrected chi connectivity index (χ1v) is 16.5. The van der Waals surface area contributed by atoms with Gasteiger partial charge >= 0.3 is 0 Å². The molecule has 186 valence electrons. The van der Waals surface area contributed by atoms with Gasteiger partial charge in [-0.05, 0) is 90.8 Å². The lowest BCUT2D eigenvalue weighted by atomic mass is 9.82. The van der Waals surface area contributed by atoms with Crippen molar-refractivity contribution in [3.05, 3.63) is 83.2 Å². The number of fused-ring (bicyclic) bond motifs is 10. The zero-order valence-corrected chi connectivity index (χ0v) is 23.7. The number of hydrogen-bond acceptors (Lipinski definition) is 6. The summed E-state index contributed by atoms with van der Waals surface area (Å²) in [6.45, 7) is 0. The van der Waals surface area contributed by atoms with Gasteiger partial charge in [-0.15, -0.1) is 45.3 Å². The third kappa shape index (κ3) is 3.06. The molecule has 2 aliphatic carbocycles. The van der Waals surface area contributed by atoms with Crippen LogP contribution in [-0.2, 0) is 0 Å². The standard InChI is InChI=1S/C32H23NOS4/c34-16-21-9-11-24(35-21)26-15-28-32(38-26)31-27(36-28)14-25(37-31)17-8-10-23-22(13-17)29-18-6-7-19(12-18)30(29)33(23)20-4-2-1-3-5-20/h1-5,8-11,13-16,18-19,29-30H,6-7,12H2. The van der Waals surface area contributed by atoms with Gasteiger partial charge in [0, 0.05) is 47.4 Å². The van der Waals surface area contributed by atoms with E-state index in [-0.39, 0.29) is 0 Å². The van der Waals surface area contributed by atoms with Crippen LogP contribution in [0.2, 0.25) is 0 Å². The number of rotatable bonds is 4. The maximum Gasteiger partial charge on any atom is 0.160 e. The molecule has 1 aliphatic heterocycles. The topological polar surface area (TPSA) is 20.3 Å². The molecule has 4 atom stereocenters. The Morgan fingerprint density at radius 3 is 2.34 bits per heavy atom. The van der Waals surface area contributed by atoms with Gasteiger partial charge in [-0.25, -0.2) is 0 Å². The Balaban J connectivity index is 1.13. The van der Waals surface area contributed by atoms with Crippen LogP contribution in [0.15, 0.2) is 72.8 Å². The lowest BCUT2D eigenvalue weighted by molar-refractivity contribution is 0.112. The number of hydrogen-bond donors (Lipinski definition) is 0. The Morgan fingerprint density at radius 1 is 0.737 bits per heavy atom. The summed E-state index contributed by atoms with van der Waals surface area (Å²) in [7, 11) is 0. The third-order valence-corrected chi connectivity index (χ3v) is 14.0. The normalized spacial score (nSPS) is 23.5. The Labute approximate surface area is 236 Å². The molecule has 2 fully saturated rings. The van der Waals surface area contributed by atoms with Gasteiger partial charge < -0.3 is 4.90 Å². The molecular formula is C32H23NOS4. The number of benzene rings is 2. The van der Waals surface area contributed by atoms with E-state index in [2.05, 4.69) is 71.6 Å². The second kappa shape index (κ2) is 8.12. The monoisotopic (exact) mass is 565 g/mol. The first-order valence-electron chi connectivity index (χ1n) is 13.2. The minimum Gasteiger partial charge on any atom is -0.337 e. The van der Waals surface area contributed by atoms with Gasteiger partial charge in [0.25, 0.3) is 0 Å². The fraction of sp³-hybridized carbons (Fsp3) is 0.219. The number of thiophene rings is 4. The molecule has 2 saturated carbocycles. The molecule has 4 aromatic heterocycles. The van der Waals surface area contributed by atoms with Crippen molar-refractivity contribution in [1.29, 1.82) is 0 Å². The highest BCUT2D eigenvalue weighted by Gasteiger charge is 2.55. The smallest absolute Gasteiger partial charge is 0.160 e. The Kier molecular flexibility index (Phi) is 4.72. The van der Waals surface area contributed by atoms with Gasteiger partial charge in [-0.1, -0.05) is 24.3 Å². The lowest BCUT2D eigenvalue weighted by Crippen LogP contribution is -2.35. The van der Waals surface area contributed by atoms with E-state index in [0.29, 0.717) is 12.0 Å². The van der Waals surface area contributed by atoms with Crippen LogP contribution in [0.5, 0.6) is 0 Å².